The number of nitrogens with zero attached hydrogens (tertiary/aromatic N) is 1. The lowest BCUT2D eigenvalue weighted by Crippen LogP contribution is -2.37. The molecule has 1 heterocycles. The van der Waals surface area contributed by atoms with Crippen LogP contribution in [0.2, 0.25) is 0 Å². The lowest BCUT2D eigenvalue weighted by atomic mass is 10.1. The molecule has 1 saturated heterocycles. The maximum atomic E-state index is 12.5. The van der Waals surface area contributed by atoms with Gasteiger partial charge in [0, 0.05) is 30.3 Å². The Morgan fingerprint density at radius 3 is 2.38 bits per heavy atom. The van der Waals surface area contributed by atoms with Gasteiger partial charge in [0.15, 0.2) is 11.5 Å². The van der Waals surface area contributed by atoms with Crippen LogP contribution in [0.5, 0.6) is 17.2 Å². The van der Waals surface area contributed by atoms with Gasteiger partial charge in [0.1, 0.15) is 5.75 Å². The Morgan fingerprint density at radius 1 is 1.07 bits per heavy atom. The highest BCUT2D eigenvalue weighted by Gasteiger charge is 2.32. The molecule has 2 amide bonds. The number of benzene rings is 2. The summed E-state index contributed by atoms with van der Waals surface area (Å²) in [6.07, 6.45) is 0.316. The van der Waals surface area contributed by atoms with Crippen LogP contribution in [-0.2, 0) is 4.79 Å². The van der Waals surface area contributed by atoms with Gasteiger partial charge in [-0.2, -0.15) is 0 Å². The van der Waals surface area contributed by atoms with E-state index in [1.165, 1.54) is 0 Å². The van der Waals surface area contributed by atoms with E-state index in [0.717, 1.165) is 0 Å². The third-order valence-electron chi connectivity index (χ3n) is 4.63. The van der Waals surface area contributed by atoms with Crippen molar-refractivity contribution in [3.05, 3.63) is 48.0 Å². The molecule has 154 valence electrons. The first kappa shape index (κ1) is 20.5. The lowest BCUT2D eigenvalue weighted by Gasteiger charge is -2.19. The first-order valence-electron chi connectivity index (χ1n) is 9.51. The molecular weight excluding hydrogens is 372 g/mol. The topological polar surface area (TPSA) is 77.1 Å². The quantitative estimate of drug-likeness (QED) is 0.776. The summed E-state index contributed by atoms with van der Waals surface area (Å²) in [6, 6.07) is 12.0. The predicted octanol–water partition coefficient (Wildman–Crippen LogP) is 3.03. The maximum Gasteiger partial charge on any atom is 0.251 e. The van der Waals surface area contributed by atoms with Crippen LogP contribution in [0.4, 0.5) is 5.69 Å². The third kappa shape index (κ3) is 4.80. The Labute approximate surface area is 170 Å². The second-order valence-electron chi connectivity index (χ2n) is 7.11. The zero-order chi connectivity index (χ0) is 21.0. The Hall–Kier alpha value is -3.22. The van der Waals surface area contributed by atoms with Gasteiger partial charge in [-0.05, 0) is 50.2 Å². The highest BCUT2D eigenvalue weighted by atomic mass is 16.5. The molecule has 2 aromatic carbocycles. The summed E-state index contributed by atoms with van der Waals surface area (Å²) < 4.78 is 16.1. The van der Waals surface area contributed by atoms with Crippen LogP contribution in [-0.4, -0.2) is 44.7 Å². The molecule has 2 aromatic rings. The molecule has 0 aromatic heterocycles. The Bertz CT molecular complexity index is 879. The number of hydrogen-bond acceptors (Lipinski definition) is 5. The Balaban J connectivity index is 1.65. The molecule has 7 heteroatoms. The van der Waals surface area contributed by atoms with Crippen molar-refractivity contribution in [1.82, 2.24) is 5.32 Å². The number of carbonyl (C=O) groups is 2. The number of methoxy groups -OCH3 is 2. The lowest BCUT2D eigenvalue weighted by molar-refractivity contribution is -0.117. The molecule has 7 nitrogen and oxygen atoms in total. The molecular formula is C22H26N2O5. The molecule has 1 aliphatic rings. The number of anilines is 1. The number of carbonyl (C=O) groups excluding carboxylic acids is 2. The minimum absolute atomic E-state index is 0.0526. The second kappa shape index (κ2) is 8.86. The summed E-state index contributed by atoms with van der Waals surface area (Å²) in [7, 11) is 3.11. The van der Waals surface area contributed by atoms with E-state index in [4.69, 9.17) is 14.2 Å². The first-order valence-corrected chi connectivity index (χ1v) is 9.51. The van der Waals surface area contributed by atoms with Gasteiger partial charge in [-0.3, -0.25) is 9.59 Å². The van der Waals surface area contributed by atoms with E-state index >= 15 is 0 Å². The van der Waals surface area contributed by atoms with Crippen LogP contribution in [0.1, 0.15) is 30.6 Å². The average Bonchev–Trinajstić information content (AvgIpc) is 3.07. The average molecular weight is 398 g/mol. The van der Waals surface area contributed by atoms with Crippen molar-refractivity contribution in [2.75, 3.05) is 25.7 Å². The minimum Gasteiger partial charge on any atom is -0.493 e. The molecule has 1 aliphatic heterocycles. The molecule has 3 rings (SSSR count). The van der Waals surface area contributed by atoms with E-state index in [0.29, 0.717) is 35.0 Å². The van der Waals surface area contributed by atoms with Crippen molar-refractivity contribution in [1.29, 1.82) is 0 Å². The number of ether oxygens (including phenoxy) is 3. The second-order valence-corrected chi connectivity index (χ2v) is 7.11. The van der Waals surface area contributed by atoms with Crippen LogP contribution in [0.15, 0.2) is 42.5 Å². The summed E-state index contributed by atoms with van der Waals surface area (Å²) in [6.45, 7) is 4.29. The zero-order valence-electron chi connectivity index (χ0n) is 17.1. The molecule has 1 atom stereocenters. The Kier molecular flexibility index (Phi) is 6.26. The van der Waals surface area contributed by atoms with Gasteiger partial charge in [-0.1, -0.05) is 0 Å². The van der Waals surface area contributed by atoms with Crippen molar-refractivity contribution in [2.24, 2.45) is 0 Å². The highest BCUT2D eigenvalue weighted by molar-refractivity contribution is 5.99. The van der Waals surface area contributed by atoms with E-state index in [1.54, 1.807) is 61.6 Å². The third-order valence-corrected chi connectivity index (χ3v) is 4.63. The van der Waals surface area contributed by atoms with Crippen LogP contribution in [0, 0.1) is 0 Å². The Morgan fingerprint density at radius 2 is 1.76 bits per heavy atom. The van der Waals surface area contributed by atoms with Gasteiger partial charge in [0.25, 0.3) is 5.91 Å². The van der Waals surface area contributed by atoms with Crippen molar-refractivity contribution >= 4 is 17.5 Å². The largest absolute Gasteiger partial charge is 0.493 e. The smallest absolute Gasteiger partial charge is 0.251 e. The van der Waals surface area contributed by atoms with E-state index < -0.39 is 0 Å². The molecule has 0 aliphatic carbocycles. The monoisotopic (exact) mass is 398 g/mol. The van der Waals surface area contributed by atoms with E-state index in [-0.39, 0.29) is 30.4 Å². The molecule has 0 unspecified atom stereocenters. The van der Waals surface area contributed by atoms with Gasteiger partial charge >= 0.3 is 0 Å². The van der Waals surface area contributed by atoms with Gasteiger partial charge in [0.05, 0.1) is 26.4 Å². The van der Waals surface area contributed by atoms with Crippen molar-refractivity contribution in [3.63, 3.8) is 0 Å². The van der Waals surface area contributed by atoms with Gasteiger partial charge in [-0.15, -0.1) is 0 Å². The van der Waals surface area contributed by atoms with Crippen LogP contribution in [0.25, 0.3) is 0 Å². The van der Waals surface area contributed by atoms with Crippen LogP contribution in [0.3, 0.4) is 0 Å². The molecule has 0 bridgehead atoms. The molecule has 0 radical (unpaired) electrons. The van der Waals surface area contributed by atoms with Gasteiger partial charge < -0.3 is 24.4 Å². The summed E-state index contributed by atoms with van der Waals surface area (Å²) >= 11 is 0. The molecule has 1 fully saturated rings. The summed E-state index contributed by atoms with van der Waals surface area (Å²) in [5.41, 5.74) is 1.23. The number of nitrogens with one attached hydrogen (secondary N) is 1. The molecule has 29 heavy (non-hydrogen) atoms. The molecule has 0 spiro atoms. The fraction of sp³-hybridized carbons (Fsp3) is 0.364. The number of hydrogen-bond donors (Lipinski definition) is 1. The summed E-state index contributed by atoms with van der Waals surface area (Å²) in [5.74, 6) is 1.59. The van der Waals surface area contributed by atoms with Crippen molar-refractivity contribution in [2.45, 2.75) is 32.4 Å². The summed E-state index contributed by atoms with van der Waals surface area (Å²) in [5, 5.41) is 2.94. The molecule has 1 N–H and O–H groups in total. The normalized spacial score (nSPS) is 16.1. The highest BCUT2D eigenvalue weighted by Crippen LogP contribution is 2.33. The van der Waals surface area contributed by atoms with E-state index in [2.05, 4.69) is 5.32 Å². The fourth-order valence-corrected chi connectivity index (χ4v) is 3.27. The first-order chi connectivity index (χ1) is 13.9. The summed E-state index contributed by atoms with van der Waals surface area (Å²) in [4.78, 5) is 26.7. The SMILES string of the molecule is COc1ccc(N2C[C@H](NC(=O)c3ccc(OC(C)C)cc3)CC2=O)cc1OC. The minimum atomic E-state index is -0.269. The van der Waals surface area contributed by atoms with Crippen molar-refractivity contribution < 1.29 is 23.8 Å². The number of amides is 2. The fourth-order valence-electron chi connectivity index (χ4n) is 3.27. The van der Waals surface area contributed by atoms with Crippen molar-refractivity contribution in [3.8, 4) is 17.2 Å². The van der Waals surface area contributed by atoms with Crippen LogP contribution < -0.4 is 24.4 Å². The molecule has 0 saturated carbocycles. The van der Waals surface area contributed by atoms with Crippen LogP contribution >= 0.6 is 0 Å². The number of rotatable bonds is 7. The van der Waals surface area contributed by atoms with E-state index in [1.807, 2.05) is 13.8 Å². The van der Waals surface area contributed by atoms with Gasteiger partial charge in [-0.25, -0.2) is 0 Å². The van der Waals surface area contributed by atoms with Gasteiger partial charge in [0.2, 0.25) is 5.91 Å². The zero-order valence-corrected chi connectivity index (χ0v) is 17.1. The maximum absolute atomic E-state index is 12.5. The predicted molar refractivity (Wildman–Crippen MR) is 110 cm³/mol. The standard InChI is InChI=1S/C22H26N2O5/c1-14(2)29-18-8-5-15(6-9-18)22(26)23-16-11-21(25)24(13-16)17-7-10-19(27-3)20(12-17)28-4/h5-10,12,14,16H,11,13H2,1-4H3,(H,23,26)/t16-/m1/s1. The van der Waals surface area contributed by atoms with E-state index in [9.17, 15) is 9.59 Å².